The Morgan fingerprint density at radius 3 is 3.00 bits per heavy atom. The van der Waals surface area contributed by atoms with Gasteiger partial charge in [-0.15, -0.1) is 0 Å². The zero-order valence-electron chi connectivity index (χ0n) is 11.1. The van der Waals surface area contributed by atoms with Gasteiger partial charge >= 0.3 is 0 Å². The normalized spacial score (nSPS) is 18.5. The molecule has 1 heterocycles. The average Bonchev–Trinajstić information content (AvgIpc) is 2.94. The number of carbonyl (C=O) groups is 1. The summed E-state index contributed by atoms with van der Waals surface area (Å²) in [6.45, 7) is 2.30. The molecule has 1 amide bonds. The predicted octanol–water partition coefficient (Wildman–Crippen LogP) is 1.68. The largest absolute Gasteiger partial charge is 0.367 e. The van der Waals surface area contributed by atoms with Gasteiger partial charge in [-0.1, -0.05) is 29.8 Å². The van der Waals surface area contributed by atoms with Gasteiger partial charge in [-0.2, -0.15) is 0 Å². The van der Waals surface area contributed by atoms with Gasteiger partial charge in [0.25, 0.3) is 0 Å². The summed E-state index contributed by atoms with van der Waals surface area (Å²) >= 11 is 6.02. The van der Waals surface area contributed by atoms with Gasteiger partial charge in [-0.25, -0.2) is 0 Å². The van der Waals surface area contributed by atoms with Crippen molar-refractivity contribution < 1.29 is 9.53 Å². The molecule has 5 heteroatoms. The van der Waals surface area contributed by atoms with E-state index in [1.165, 1.54) is 0 Å². The van der Waals surface area contributed by atoms with Crippen LogP contribution in [0.1, 0.15) is 12.0 Å². The molecule has 4 nitrogen and oxygen atoms in total. The average molecular weight is 283 g/mol. The van der Waals surface area contributed by atoms with Crippen LogP contribution in [0, 0.1) is 0 Å². The van der Waals surface area contributed by atoms with Gasteiger partial charge in [0.1, 0.15) is 6.61 Å². The first-order valence-corrected chi connectivity index (χ1v) is 6.84. The molecule has 1 aliphatic heterocycles. The third-order valence-electron chi connectivity index (χ3n) is 3.42. The van der Waals surface area contributed by atoms with E-state index in [9.17, 15) is 4.79 Å². The summed E-state index contributed by atoms with van der Waals surface area (Å²) in [6.07, 6.45) is 1.01. The lowest BCUT2D eigenvalue weighted by atomic mass is 10.2. The Kier molecular flexibility index (Phi) is 5.19. The van der Waals surface area contributed by atoms with E-state index in [0.717, 1.165) is 25.1 Å². The second-order valence-electron chi connectivity index (χ2n) is 4.74. The number of nitrogens with zero attached hydrogens (tertiary/aromatic N) is 1. The SMILES string of the molecule is CN(C(=O)COCc1ccccc1Cl)C1CCNC1. The Bertz CT molecular complexity index is 433. The van der Waals surface area contributed by atoms with Crippen molar-refractivity contribution in [3.63, 3.8) is 0 Å². The maximum atomic E-state index is 11.9. The molecular formula is C14H19ClN2O2. The maximum Gasteiger partial charge on any atom is 0.248 e. The molecule has 0 spiro atoms. The Morgan fingerprint density at radius 1 is 1.53 bits per heavy atom. The van der Waals surface area contributed by atoms with Crippen LogP contribution >= 0.6 is 11.6 Å². The quantitative estimate of drug-likeness (QED) is 0.893. The molecule has 2 rings (SSSR count). The number of rotatable bonds is 5. The van der Waals surface area contributed by atoms with Crippen LogP contribution < -0.4 is 5.32 Å². The van der Waals surface area contributed by atoms with Gasteiger partial charge < -0.3 is 15.0 Å². The van der Waals surface area contributed by atoms with E-state index in [1.54, 1.807) is 4.90 Å². The molecule has 0 radical (unpaired) electrons. The zero-order valence-corrected chi connectivity index (χ0v) is 11.8. The molecule has 1 aliphatic rings. The fourth-order valence-corrected chi connectivity index (χ4v) is 2.33. The van der Waals surface area contributed by atoms with Gasteiger partial charge in [-0.05, 0) is 24.6 Å². The number of hydrogen-bond acceptors (Lipinski definition) is 3. The van der Waals surface area contributed by atoms with E-state index < -0.39 is 0 Å². The smallest absolute Gasteiger partial charge is 0.248 e. The molecule has 0 aromatic heterocycles. The molecule has 0 bridgehead atoms. The molecule has 1 atom stereocenters. The maximum absolute atomic E-state index is 11.9. The molecule has 1 aromatic carbocycles. The number of carbonyl (C=O) groups excluding carboxylic acids is 1. The van der Waals surface area contributed by atoms with Crippen LogP contribution in [0.4, 0.5) is 0 Å². The number of halogens is 1. The summed E-state index contributed by atoms with van der Waals surface area (Å²) in [5.41, 5.74) is 0.905. The van der Waals surface area contributed by atoms with E-state index in [0.29, 0.717) is 11.6 Å². The lowest BCUT2D eigenvalue weighted by Gasteiger charge is -2.23. The van der Waals surface area contributed by atoms with Crippen molar-refractivity contribution in [2.75, 3.05) is 26.7 Å². The predicted molar refractivity (Wildman–Crippen MR) is 75.2 cm³/mol. The lowest BCUT2D eigenvalue weighted by molar-refractivity contribution is -0.137. The summed E-state index contributed by atoms with van der Waals surface area (Å²) in [6, 6.07) is 7.78. The van der Waals surface area contributed by atoms with Crippen molar-refractivity contribution in [2.24, 2.45) is 0 Å². The van der Waals surface area contributed by atoms with Crippen LogP contribution in [-0.4, -0.2) is 43.6 Å². The minimum atomic E-state index is 0.0146. The van der Waals surface area contributed by atoms with Crippen molar-refractivity contribution in [1.82, 2.24) is 10.2 Å². The third-order valence-corrected chi connectivity index (χ3v) is 3.79. The number of benzene rings is 1. The van der Waals surface area contributed by atoms with Crippen LogP contribution in [-0.2, 0) is 16.1 Å². The highest BCUT2D eigenvalue weighted by atomic mass is 35.5. The molecule has 104 valence electrons. The van der Waals surface area contributed by atoms with Crippen molar-refractivity contribution in [1.29, 1.82) is 0 Å². The van der Waals surface area contributed by atoms with Crippen LogP contribution in [0.2, 0.25) is 5.02 Å². The van der Waals surface area contributed by atoms with Gasteiger partial charge in [0.15, 0.2) is 0 Å². The van der Waals surface area contributed by atoms with Crippen molar-refractivity contribution in [2.45, 2.75) is 19.1 Å². The van der Waals surface area contributed by atoms with Gasteiger partial charge in [0, 0.05) is 24.7 Å². The summed E-state index contributed by atoms with van der Waals surface area (Å²) in [4.78, 5) is 13.7. The van der Waals surface area contributed by atoms with E-state index in [-0.39, 0.29) is 18.6 Å². The Balaban J connectivity index is 1.76. The molecule has 19 heavy (non-hydrogen) atoms. The van der Waals surface area contributed by atoms with Crippen LogP contribution in [0.15, 0.2) is 24.3 Å². The first-order chi connectivity index (χ1) is 9.18. The Labute approximate surface area is 118 Å². The summed E-state index contributed by atoms with van der Waals surface area (Å²) in [5, 5.41) is 3.92. The Morgan fingerprint density at radius 2 is 2.32 bits per heavy atom. The van der Waals surface area contributed by atoms with E-state index in [2.05, 4.69) is 5.32 Å². The third kappa shape index (κ3) is 3.93. The number of hydrogen-bond donors (Lipinski definition) is 1. The minimum absolute atomic E-state index is 0.0146. The second kappa shape index (κ2) is 6.89. The fraction of sp³-hybridized carbons (Fsp3) is 0.500. The summed E-state index contributed by atoms with van der Waals surface area (Å²) in [5.74, 6) is 0.0146. The second-order valence-corrected chi connectivity index (χ2v) is 5.14. The van der Waals surface area contributed by atoms with Gasteiger partial charge in [0.05, 0.1) is 6.61 Å². The van der Waals surface area contributed by atoms with Gasteiger partial charge in [0.2, 0.25) is 5.91 Å². The molecule has 1 unspecified atom stereocenters. The summed E-state index contributed by atoms with van der Waals surface area (Å²) in [7, 11) is 1.83. The molecule has 1 saturated heterocycles. The molecule has 0 saturated carbocycles. The molecule has 1 aromatic rings. The highest BCUT2D eigenvalue weighted by Crippen LogP contribution is 2.15. The first-order valence-electron chi connectivity index (χ1n) is 6.46. The number of nitrogens with one attached hydrogen (secondary N) is 1. The molecule has 1 fully saturated rings. The number of likely N-dealkylation sites (N-methyl/N-ethyl adjacent to an activating group) is 1. The van der Waals surface area contributed by atoms with E-state index in [1.807, 2.05) is 31.3 Å². The van der Waals surface area contributed by atoms with Crippen LogP contribution in [0.5, 0.6) is 0 Å². The van der Waals surface area contributed by atoms with E-state index in [4.69, 9.17) is 16.3 Å². The van der Waals surface area contributed by atoms with Crippen molar-refractivity contribution >= 4 is 17.5 Å². The summed E-state index contributed by atoms with van der Waals surface area (Å²) < 4.78 is 5.45. The number of amides is 1. The highest BCUT2D eigenvalue weighted by Gasteiger charge is 2.22. The zero-order chi connectivity index (χ0) is 13.7. The van der Waals surface area contributed by atoms with Crippen LogP contribution in [0.3, 0.4) is 0 Å². The molecule has 1 N–H and O–H groups in total. The highest BCUT2D eigenvalue weighted by molar-refractivity contribution is 6.31. The molecular weight excluding hydrogens is 264 g/mol. The monoisotopic (exact) mass is 282 g/mol. The van der Waals surface area contributed by atoms with Gasteiger partial charge in [-0.3, -0.25) is 4.79 Å². The van der Waals surface area contributed by atoms with Crippen LogP contribution in [0.25, 0.3) is 0 Å². The first kappa shape index (κ1) is 14.3. The lowest BCUT2D eigenvalue weighted by Crippen LogP contribution is -2.40. The van der Waals surface area contributed by atoms with Crippen molar-refractivity contribution in [3.05, 3.63) is 34.9 Å². The molecule has 0 aliphatic carbocycles. The number of ether oxygens (including phenoxy) is 1. The fourth-order valence-electron chi connectivity index (χ4n) is 2.14. The minimum Gasteiger partial charge on any atom is -0.367 e. The standard InChI is InChI=1S/C14H19ClN2O2/c1-17(12-6-7-16-8-12)14(18)10-19-9-11-4-2-3-5-13(11)15/h2-5,12,16H,6-10H2,1H3. The Hall–Kier alpha value is -1.10. The van der Waals surface area contributed by atoms with E-state index >= 15 is 0 Å². The topological polar surface area (TPSA) is 41.6 Å². The van der Waals surface area contributed by atoms with Crippen molar-refractivity contribution in [3.8, 4) is 0 Å².